The predicted molar refractivity (Wildman–Crippen MR) is 80.1 cm³/mol. The summed E-state index contributed by atoms with van der Waals surface area (Å²) in [6.07, 6.45) is -1.87. The molecular weight excluding hydrogens is 276 g/mol. The average molecular weight is 306 g/mol. The molecule has 3 atom stereocenters. The van der Waals surface area contributed by atoms with E-state index in [1.54, 1.807) is 13.8 Å². The van der Waals surface area contributed by atoms with Gasteiger partial charge in [-0.3, -0.25) is 0 Å². The smallest absolute Gasteiger partial charge is 0.192 e. The van der Waals surface area contributed by atoms with Gasteiger partial charge in [-0.2, -0.15) is 0 Å². The van der Waals surface area contributed by atoms with E-state index < -0.39 is 32.4 Å². The van der Waals surface area contributed by atoms with Crippen LogP contribution in [0.5, 0.6) is 0 Å². The van der Waals surface area contributed by atoms with Crippen molar-refractivity contribution in [3.05, 3.63) is 0 Å². The molecule has 0 aromatic heterocycles. The van der Waals surface area contributed by atoms with Crippen LogP contribution in [0, 0.1) is 0 Å². The van der Waals surface area contributed by atoms with E-state index in [1.165, 1.54) is 0 Å². The van der Waals surface area contributed by atoms with E-state index in [0.29, 0.717) is 0 Å². The zero-order valence-corrected chi connectivity index (χ0v) is 14.8. The van der Waals surface area contributed by atoms with Crippen molar-refractivity contribution < 1.29 is 24.1 Å². The second-order valence-electron chi connectivity index (χ2n) is 7.46. The van der Waals surface area contributed by atoms with Crippen molar-refractivity contribution in [3.63, 3.8) is 0 Å². The van der Waals surface area contributed by atoms with E-state index in [1.807, 2.05) is 0 Å². The van der Waals surface area contributed by atoms with E-state index in [9.17, 15) is 10.2 Å². The molecule has 1 heterocycles. The fourth-order valence-corrected chi connectivity index (χ4v) is 2.96. The van der Waals surface area contributed by atoms with Gasteiger partial charge in [0.1, 0.15) is 18.3 Å². The lowest BCUT2D eigenvalue weighted by Gasteiger charge is -2.37. The molecule has 0 unspecified atom stereocenters. The lowest BCUT2D eigenvalue weighted by atomic mass is 10.1. The van der Waals surface area contributed by atoms with Gasteiger partial charge in [0.25, 0.3) is 0 Å². The zero-order chi connectivity index (χ0) is 15.8. The van der Waals surface area contributed by atoms with Crippen molar-refractivity contribution in [3.8, 4) is 0 Å². The Morgan fingerprint density at radius 2 is 1.80 bits per heavy atom. The Hall–Kier alpha value is 0.0169. The molecule has 0 saturated carbocycles. The first-order valence-electron chi connectivity index (χ1n) is 7.18. The minimum atomic E-state index is -1.91. The number of aliphatic hydroxyl groups is 2. The number of hydrogen-bond acceptors (Lipinski definition) is 5. The van der Waals surface area contributed by atoms with Crippen LogP contribution in [0.1, 0.15) is 34.6 Å². The third-order valence-electron chi connectivity index (χ3n) is 4.20. The first kappa shape index (κ1) is 18.1. The van der Waals surface area contributed by atoms with Crippen LogP contribution >= 0.6 is 0 Å². The molecule has 1 rings (SSSR count). The summed E-state index contributed by atoms with van der Waals surface area (Å²) in [6, 6.07) is 0. The molecular formula is C14H30O5Si. The lowest BCUT2D eigenvalue weighted by Crippen LogP contribution is -2.46. The maximum atomic E-state index is 10.3. The third-order valence-corrected chi connectivity index (χ3v) is 8.70. The van der Waals surface area contributed by atoms with E-state index in [4.69, 9.17) is 13.9 Å². The summed E-state index contributed by atoms with van der Waals surface area (Å²) >= 11 is 0. The van der Waals surface area contributed by atoms with Gasteiger partial charge in [-0.1, -0.05) is 20.8 Å². The van der Waals surface area contributed by atoms with Gasteiger partial charge < -0.3 is 24.1 Å². The highest BCUT2D eigenvalue weighted by Gasteiger charge is 2.45. The summed E-state index contributed by atoms with van der Waals surface area (Å²) in [7, 11) is -1.91. The maximum Gasteiger partial charge on any atom is 0.192 e. The predicted octanol–water partition coefficient (Wildman–Crippen LogP) is 1.88. The summed E-state index contributed by atoms with van der Waals surface area (Å²) < 4.78 is 17.2. The second kappa shape index (κ2) is 6.02. The SMILES string of the molecule is CC1(C)O[C@@H]([C@H](O)CO[Si](C)(C)C(C)(C)C)[C@@H](CO)O1. The van der Waals surface area contributed by atoms with Crippen LogP contribution in [0.2, 0.25) is 18.1 Å². The fraction of sp³-hybridized carbons (Fsp3) is 1.00. The van der Waals surface area contributed by atoms with Crippen LogP contribution in [-0.2, 0) is 13.9 Å². The molecule has 0 amide bonds. The molecule has 0 aromatic rings. The third kappa shape index (κ3) is 4.25. The Bertz CT molecular complexity index is 324. The highest BCUT2D eigenvalue weighted by atomic mass is 28.4. The highest BCUT2D eigenvalue weighted by molar-refractivity contribution is 6.74. The van der Waals surface area contributed by atoms with Gasteiger partial charge in [0.15, 0.2) is 14.1 Å². The van der Waals surface area contributed by atoms with Gasteiger partial charge in [-0.25, -0.2) is 0 Å². The molecule has 0 aromatic carbocycles. The molecule has 1 aliphatic heterocycles. The molecule has 5 nitrogen and oxygen atoms in total. The summed E-state index contributed by atoms with van der Waals surface area (Å²) in [4.78, 5) is 0. The zero-order valence-electron chi connectivity index (χ0n) is 13.8. The normalized spacial score (nSPS) is 28.6. The Morgan fingerprint density at radius 3 is 2.25 bits per heavy atom. The van der Waals surface area contributed by atoms with Crippen molar-refractivity contribution >= 4 is 8.32 Å². The molecule has 6 heteroatoms. The summed E-state index contributed by atoms with van der Waals surface area (Å²) in [6.45, 7) is 14.3. The van der Waals surface area contributed by atoms with Crippen LogP contribution in [0.4, 0.5) is 0 Å². The molecule has 20 heavy (non-hydrogen) atoms. The summed E-state index contributed by atoms with van der Waals surface area (Å²) in [5, 5.41) is 19.7. The van der Waals surface area contributed by atoms with E-state index in [-0.39, 0.29) is 18.3 Å². The quantitative estimate of drug-likeness (QED) is 0.759. The van der Waals surface area contributed by atoms with E-state index in [2.05, 4.69) is 33.9 Å². The molecule has 0 spiro atoms. The number of ether oxygens (including phenoxy) is 2. The van der Waals surface area contributed by atoms with Crippen molar-refractivity contribution in [2.24, 2.45) is 0 Å². The minimum absolute atomic E-state index is 0.0927. The van der Waals surface area contributed by atoms with Gasteiger partial charge in [-0.05, 0) is 32.0 Å². The van der Waals surface area contributed by atoms with Crippen LogP contribution in [0.15, 0.2) is 0 Å². The van der Waals surface area contributed by atoms with Crippen molar-refractivity contribution in [2.45, 2.75) is 76.8 Å². The molecule has 120 valence electrons. The van der Waals surface area contributed by atoms with Crippen molar-refractivity contribution in [1.82, 2.24) is 0 Å². The average Bonchev–Trinajstić information content (AvgIpc) is 2.60. The number of rotatable bonds is 5. The summed E-state index contributed by atoms with van der Waals surface area (Å²) in [5.74, 6) is -0.782. The molecule has 0 aliphatic carbocycles. The van der Waals surface area contributed by atoms with Gasteiger partial charge >= 0.3 is 0 Å². The summed E-state index contributed by atoms with van der Waals surface area (Å²) in [5.41, 5.74) is 0. The standard InChI is InChI=1S/C14H30O5Si/c1-13(2,3)20(6,7)17-9-10(16)12-11(8-15)18-14(4,5)19-12/h10-12,15-16H,8-9H2,1-7H3/t10-,11-,12+/m1/s1. The second-order valence-corrected chi connectivity index (χ2v) is 12.3. The molecule has 0 radical (unpaired) electrons. The Balaban J connectivity index is 2.61. The number of hydrogen-bond donors (Lipinski definition) is 2. The molecule has 1 fully saturated rings. The first-order valence-corrected chi connectivity index (χ1v) is 10.1. The largest absolute Gasteiger partial charge is 0.414 e. The minimum Gasteiger partial charge on any atom is -0.414 e. The van der Waals surface area contributed by atoms with Crippen molar-refractivity contribution in [1.29, 1.82) is 0 Å². The van der Waals surface area contributed by atoms with Gasteiger partial charge in [0.05, 0.1) is 13.2 Å². The Labute approximate surface area is 123 Å². The maximum absolute atomic E-state index is 10.3. The topological polar surface area (TPSA) is 68.2 Å². The Kier molecular flexibility index (Phi) is 5.44. The monoisotopic (exact) mass is 306 g/mol. The first-order chi connectivity index (χ1) is 8.89. The molecule has 1 aliphatic rings. The van der Waals surface area contributed by atoms with Crippen LogP contribution in [0.25, 0.3) is 0 Å². The van der Waals surface area contributed by atoms with Crippen molar-refractivity contribution in [2.75, 3.05) is 13.2 Å². The highest BCUT2D eigenvalue weighted by Crippen LogP contribution is 2.37. The molecule has 0 bridgehead atoms. The van der Waals surface area contributed by atoms with Gasteiger partial charge in [0, 0.05) is 0 Å². The fourth-order valence-electron chi connectivity index (χ4n) is 1.94. The van der Waals surface area contributed by atoms with Gasteiger partial charge in [-0.15, -0.1) is 0 Å². The van der Waals surface area contributed by atoms with E-state index >= 15 is 0 Å². The van der Waals surface area contributed by atoms with Crippen LogP contribution < -0.4 is 0 Å². The number of aliphatic hydroxyl groups excluding tert-OH is 2. The van der Waals surface area contributed by atoms with Crippen LogP contribution in [-0.4, -0.2) is 55.8 Å². The lowest BCUT2D eigenvalue weighted by molar-refractivity contribution is -0.158. The molecule has 2 N–H and O–H groups in total. The Morgan fingerprint density at radius 1 is 1.25 bits per heavy atom. The van der Waals surface area contributed by atoms with Gasteiger partial charge in [0.2, 0.25) is 0 Å². The molecule has 1 saturated heterocycles. The van der Waals surface area contributed by atoms with Crippen LogP contribution in [0.3, 0.4) is 0 Å². The van der Waals surface area contributed by atoms with E-state index in [0.717, 1.165) is 0 Å².